The molecular formula is C13H25N3O5. The third kappa shape index (κ3) is 10.6. The summed E-state index contributed by atoms with van der Waals surface area (Å²) in [5, 5.41) is 13.8. The van der Waals surface area contributed by atoms with Gasteiger partial charge in [0.2, 0.25) is 5.91 Å². The summed E-state index contributed by atoms with van der Waals surface area (Å²) in [6, 6.07) is -0.956. The fraction of sp³-hybridized carbons (Fsp3) is 0.769. The largest absolute Gasteiger partial charge is 0.480 e. The number of rotatable bonds is 8. The summed E-state index contributed by atoms with van der Waals surface area (Å²) in [6.07, 6.45) is 0.893. The molecule has 0 aromatic carbocycles. The van der Waals surface area contributed by atoms with Crippen LogP contribution in [0.25, 0.3) is 0 Å². The third-order valence-corrected chi connectivity index (χ3v) is 2.41. The van der Waals surface area contributed by atoms with Gasteiger partial charge >= 0.3 is 12.1 Å². The van der Waals surface area contributed by atoms with E-state index in [-0.39, 0.29) is 13.0 Å². The maximum atomic E-state index is 11.3. The first-order valence-corrected chi connectivity index (χ1v) is 6.85. The van der Waals surface area contributed by atoms with Gasteiger partial charge in [-0.3, -0.25) is 4.79 Å². The van der Waals surface area contributed by atoms with E-state index >= 15 is 0 Å². The third-order valence-electron chi connectivity index (χ3n) is 2.41. The lowest BCUT2D eigenvalue weighted by atomic mass is 10.1. The van der Waals surface area contributed by atoms with Gasteiger partial charge in [0.1, 0.15) is 11.6 Å². The van der Waals surface area contributed by atoms with Crippen LogP contribution < -0.4 is 16.4 Å². The number of hydrogen-bond donors (Lipinski definition) is 4. The predicted molar refractivity (Wildman–Crippen MR) is 76.7 cm³/mol. The first-order chi connectivity index (χ1) is 9.65. The second kappa shape index (κ2) is 9.17. The standard InChI is InChI=1S/C13H25N3O5/c1-13(2,3)21-12(20)15-7-5-4-6-9(11(18)19)16-10(17)8-14/h9H,4-8,14H2,1-3H3,(H,15,20)(H,16,17)(H,18,19). The minimum absolute atomic E-state index is 0.246. The molecule has 21 heavy (non-hydrogen) atoms. The Bertz CT molecular complexity index is 365. The first kappa shape index (κ1) is 19.2. The summed E-state index contributed by atoms with van der Waals surface area (Å²) in [7, 11) is 0. The SMILES string of the molecule is CC(C)(C)OC(=O)NCCCCC(NC(=O)CN)C(=O)O. The van der Waals surface area contributed by atoms with Crippen LogP contribution in [0.4, 0.5) is 4.79 Å². The molecule has 0 spiro atoms. The Morgan fingerprint density at radius 3 is 2.33 bits per heavy atom. The number of nitrogens with two attached hydrogens (primary N) is 1. The molecule has 8 nitrogen and oxygen atoms in total. The molecule has 0 saturated carbocycles. The normalized spacial score (nSPS) is 12.4. The molecule has 0 fully saturated rings. The maximum absolute atomic E-state index is 11.3. The van der Waals surface area contributed by atoms with Gasteiger partial charge in [-0.2, -0.15) is 0 Å². The Balaban J connectivity index is 3.88. The van der Waals surface area contributed by atoms with Gasteiger partial charge in [0.15, 0.2) is 0 Å². The lowest BCUT2D eigenvalue weighted by Gasteiger charge is -2.19. The van der Waals surface area contributed by atoms with Crippen LogP contribution >= 0.6 is 0 Å². The summed E-state index contributed by atoms with van der Waals surface area (Å²) in [6.45, 7) is 5.44. The maximum Gasteiger partial charge on any atom is 0.407 e. The molecule has 0 aliphatic heterocycles. The minimum atomic E-state index is -1.10. The Morgan fingerprint density at radius 2 is 1.86 bits per heavy atom. The number of carbonyl (C=O) groups is 3. The van der Waals surface area contributed by atoms with Crippen molar-refractivity contribution in [3.05, 3.63) is 0 Å². The van der Waals surface area contributed by atoms with Gasteiger partial charge < -0.3 is 26.2 Å². The minimum Gasteiger partial charge on any atom is -0.480 e. The zero-order chi connectivity index (χ0) is 16.5. The molecule has 0 bridgehead atoms. The smallest absolute Gasteiger partial charge is 0.407 e. The Kier molecular flexibility index (Phi) is 8.37. The van der Waals surface area contributed by atoms with Crippen LogP contribution in [0.15, 0.2) is 0 Å². The molecular weight excluding hydrogens is 278 g/mol. The van der Waals surface area contributed by atoms with Gasteiger partial charge in [-0.15, -0.1) is 0 Å². The molecule has 0 aliphatic rings. The number of carboxylic acid groups (broad SMARTS) is 1. The molecule has 8 heteroatoms. The molecule has 0 heterocycles. The van der Waals surface area contributed by atoms with Gasteiger partial charge in [0.25, 0.3) is 0 Å². The molecule has 0 rings (SSSR count). The number of amides is 2. The zero-order valence-electron chi connectivity index (χ0n) is 12.8. The highest BCUT2D eigenvalue weighted by atomic mass is 16.6. The highest BCUT2D eigenvalue weighted by Gasteiger charge is 2.19. The Hall–Kier alpha value is -1.83. The average Bonchev–Trinajstić information content (AvgIpc) is 2.34. The van der Waals surface area contributed by atoms with Crippen LogP contribution in [0, 0.1) is 0 Å². The number of hydrogen-bond acceptors (Lipinski definition) is 5. The summed E-state index contributed by atoms with van der Waals surface area (Å²) < 4.78 is 5.06. The van der Waals surface area contributed by atoms with E-state index in [1.165, 1.54) is 0 Å². The van der Waals surface area contributed by atoms with Crippen molar-refractivity contribution in [1.82, 2.24) is 10.6 Å². The van der Waals surface area contributed by atoms with Gasteiger partial charge in [0, 0.05) is 6.54 Å². The van der Waals surface area contributed by atoms with Gasteiger partial charge in [-0.05, 0) is 40.0 Å². The lowest BCUT2D eigenvalue weighted by molar-refractivity contribution is -0.141. The summed E-state index contributed by atoms with van der Waals surface area (Å²) in [4.78, 5) is 33.3. The van der Waals surface area contributed by atoms with E-state index < -0.39 is 29.6 Å². The molecule has 5 N–H and O–H groups in total. The van der Waals surface area contributed by atoms with Crippen molar-refractivity contribution < 1.29 is 24.2 Å². The van der Waals surface area contributed by atoms with Crippen molar-refractivity contribution in [3.63, 3.8) is 0 Å². The fourth-order valence-corrected chi connectivity index (χ4v) is 1.49. The summed E-state index contributed by atoms with van der Waals surface area (Å²) >= 11 is 0. The average molecular weight is 303 g/mol. The van der Waals surface area contributed by atoms with Crippen molar-refractivity contribution in [1.29, 1.82) is 0 Å². The van der Waals surface area contributed by atoms with E-state index in [0.717, 1.165) is 0 Å². The molecule has 2 amide bonds. The number of ether oxygens (including phenoxy) is 1. The Labute approximate surface area is 124 Å². The lowest BCUT2D eigenvalue weighted by Crippen LogP contribution is -2.43. The van der Waals surface area contributed by atoms with Crippen molar-refractivity contribution in [2.75, 3.05) is 13.1 Å². The zero-order valence-corrected chi connectivity index (χ0v) is 12.8. The van der Waals surface area contributed by atoms with Crippen molar-refractivity contribution in [2.24, 2.45) is 5.73 Å². The van der Waals surface area contributed by atoms with Crippen molar-refractivity contribution in [2.45, 2.75) is 51.7 Å². The molecule has 0 radical (unpaired) electrons. The summed E-state index contributed by atoms with van der Waals surface area (Å²) in [5.74, 6) is -1.61. The molecule has 122 valence electrons. The van der Waals surface area contributed by atoms with Gasteiger partial charge in [-0.25, -0.2) is 9.59 Å². The monoisotopic (exact) mass is 303 g/mol. The molecule has 0 aliphatic carbocycles. The van der Waals surface area contributed by atoms with Gasteiger partial charge in [0.05, 0.1) is 6.54 Å². The van der Waals surface area contributed by atoms with Crippen molar-refractivity contribution >= 4 is 18.0 Å². The number of alkyl carbamates (subject to hydrolysis) is 1. The highest BCUT2D eigenvalue weighted by Crippen LogP contribution is 2.06. The Morgan fingerprint density at radius 1 is 1.24 bits per heavy atom. The van der Waals surface area contributed by atoms with Crippen LogP contribution in [-0.4, -0.2) is 47.8 Å². The van der Waals surface area contributed by atoms with E-state index in [1.54, 1.807) is 20.8 Å². The molecule has 0 aromatic heterocycles. The first-order valence-electron chi connectivity index (χ1n) is 6.85. The van der Waals surface area contributed by atoms with Crippen molar-refractivity contribution in [3.8, 4) is 0 Å². The van der Waals surface area contributed by atoms with Crippen LogP contribution in [0.1, 0.15) is 40.0 Å². The van der Waals surface area contributed by atoms with E-state index in [0.29, 0.717) is 19.4 Å². The van der Waals surface area contributed by atoms with E-state index in [1.807, 2.05) is 0 Å². The number of unbranched alkanes of at least 4 members (excludes halogenated alkanes) is 1. The molecule has 0 aromatic rings. The number of carbonyl (C=O) groups excluding carboxylic acids is 2. The number of nitrogens with one attached hydrogen (secondary N) is 2. The van der Waals surface area contributed by atoms with Crippen LogP contribution in [0.3, 0.4) is 0 Å². The second-order valence-corrected chi connectivity index (χ2v) is 5.59. The number of aliphatic carboxylic acids is 1. The van der Waals surface area contributed by atoms with Crippen LogP contribution in [-0.2, 0) is 14.3 Å². The van der Waals surface area contributed by atoms with E-state index in [2.05, 4.69) is 10.6 Å². The highest BCUT2D eigenvalue weighted by molar-refractivity contribution is 5.84. The topological polar surface area (TPSA) is 131 Å². The molecule has 1 unspecified atom stereocenters. The van der Waals surface area contributed by atoms with Gasteiger partial charge in [-0.1, -0.05) is 0 Å². The van der Waals surface area contributed by atoms with Crippen LogP contribution in [0.5, 0.6) is 0 Å². The van der Waals surface area contributed by atoms with E-state index in [4.69, 9.17) is 15.6 Å². The van der Waals surface area contributed by atoms with E-state index in [9.17, 15) is 14.4 Å². The van der Waals surface area contributed by atoms with Crippen LogP contribution in [0.2, 0.25) is 0 Å². The quantitative estimate of drug-likeness (QED) is 0.474. The number of carboxylic acids is 1. The summed E-state index contributed by atoms with van der Waals surface area (Å²) in [5.41, 5.74) is 4.56. The molecule has 0 saturated heterocycles. The second-order valence-electron chi connectivity index (χ2n) is 5.59. The molecule has 1 atom stereocenters. The predicted octanol–water partition coefficient (Wildman–Crippen LogP) is 0.210. The fourth-order valence-electron chi connectivity index (χ4n) is 1.49.